The molecule has 4 heteroatoms. The first-order valence-electron chi connectivity index (χ1n) is 6.52. The molecule has 2 rings (SSSR count). The van der Waals surface area contributed by atoms with E-state index in [0.717, 1.165) is 11.6 Å². The van der Waals surface area contributed by atoms with Gasteiger partial charge in [0.1, 0.15) is 0 Å². The van der Waals surface area contributed by atoms with Crippen LogP contribution in [0.5, 0.6) is 0 Å². The van der Waals surface area contributed by atoms with Crippen LogP contribution in [0, 0.1) is 5.92 Å². The summed E-state index contributed by atoms with van der Waals surface area (Å²) in [5.41, 5.74) is 0.995. The molecule has 0 spiro atoms. The number of hydrogen-bond acceptors (Lipinski definition) is 3. The molecule has 1 N–H and O–H groups in total. The van der Waals surface area contributed by atoms with Gasteiger partial charge >= 0.3 is 0 Å². The number of sulfone groups is 1. The molecular formula is C14H21NO2S. The summed E-state index contributed by atoms with van der Waals surface area (Å²) < 4.78 is 22.7. The van der Waals surface area contributed by atoms with Crippen molar-refractivity contribution >= 4 is 15.5 Å². The van der Waals surface area contributed by atoms with E-state index in [1.165, 1.54) is 31.9 Å². The first kappa shape index (κ1) is 13.4. The standard InChI is InChI=1S/C14H21NO2S/c1-11(10-12-4-3-5-12)15-13-6-8-14(9-7-13)18(2,16)17/h6-9,11-12,15H,3-5,10H2,1-2H3. The van der Waals surface area contributed by atoms with Gasteiger partial charge in [-0.3, -0.25) is 0 Å². The average molecular weight is 267 g/mol. The Morgan fingerprint density at radius 2 is 1.89 bits per heavy atom. The highest BCUT2D eigenvalue weighted by Gasteiger charge is 2.19. The molecular weight excluding hydrogens is 246 g/mol. The highest BCUT2D eigenvalue weighted by atomic mass is 32.2. The second kappa shape index (κ2) is 5.31. The lowest BCUT2D eigenvalue weighted by atomic mass is 9.81. The molecule has 0 saturated heterocycles. The Kier molecular flexibility index (Phi) is 3.95. The summed E-state index contributed by atoms with van der Waals surface area (Å²) in [7, 11) is -3.09. The minimum absolute atomic E-state index is 0.375. The minimum Gasteiger partial charge on any atom is -0.383 e. The first-order chi connectivity index (χ1) is 8.45. The molecule has 1 atom stereocenters. The molecule has 3 nitrogen and oxygen atoms in total. The lowest BCUT2D eigenvalue weighted by Gasteiger charge is -2.28. The van der Waals surface area contributed by atoms with Crippen molar-refractivity contribution in [1.82, 2.24) is 0 Å². The average Bonchev–Trinajstić information content (AvgIpc) is 2.23. The summed E-state index contributed by atoms with van der Waals surface area (Å²) in [6.07, 6.45) is 6.53. The molecule has 1 aromatic rings. The fraction of sp³-hybridized carbons (Fsp3) is 0.571. The lowest BCUT2D eigenvalue weighted by Crippen LogP contribution is -2.23. The van der Waals surface area contributed by atoms with Crippen molar-refractivity contribution in [1.29, 1.82) is 0 Å². The normalized spacial score (nSPS) is 18.1. The largest absolute Gasteiger partial charge is 0.383 e. The fourth-order valence-corrected chi connectivity index (χ4v) is 3.00. The van der Waals surface area contributed by atoms with Crippen LogP contribution >= 0.6 is 0 Å². The third kappa shape index (κ3) is 3.48. The molecule has 0 heterocycles. The monoisotopic (exact) mass is 267 g/mol. The molecule has 0 radical (unpaired) electrons. The van der Waals surface area contributed by atoms with Gasteiger partial charge in [0, 0.05) is 18.0 Å². The van der Waals surface area contributed by atoms with E-state index in [9.17, 15) is 8.42 Å². The van der Waals surface area contributed by atoms with Crippen LogP contribution < -0.4 is 5.32 Å². The maximum absolute atomic E-state index is 11.3. The van der Waals surface area contributed by atoms with Crippen molar-refractivity contribution < 1.29 is 8.42 Å². The third-order valence-electron chi connectivity index (χ3n) is 3.61. The van der Waals surface area contributed by atoms with E-state index in [0.29, 0.717) is 10.9 Å². The minimum atomic E-state index is -3.09. The Labute approximate surface area is 110 Å². The maximum atomic E-state index is 11.3. The Balaban J connectivity index is 1.93. The Morgan fingerprint density at radius 3 is 2.33 bits per heavy atom. The number of rotatable bonds is 5. The van der Waals surface area contributed by atoms with Crippen LogP contribution in [0.2, 0.25) is 0 Å². The van der Waals surface area contributed by atoms with Crippen LogP contribution in [-0.2, 0) is 9.84 Å². The van der Waals surface area contributed by atoms with Crippen LogP contribution in [-0.4, -0.2) is 20.7 Å². The quantitative estimate of drug-likeness (QED) is 0.891. The van der Waals surface area contributed by atoms with Crippen LogP contribution in [0.4, 0.5) is 5.69 Å². The van der Waals surface area contributed by atoms with Crippen LogP contribution in [0.3, 0.4) is 0 Å². The molecule has 1 aliphatic rings. The van der Waals surface area contributed by atoms with E-state index in [1.807, 2.05) is 12.1 Å². The zero-order chi connectivity index (χ0) is 13.2. The van der Waals surface area contributed by atoms with Crippen molar-refractivity contribution in [3.8, 4) is 0 Å². The van der Waals surface area contributed by atoms with Crippen LogP contribution in [0.25, 0.3) is 0 Å². The molecule has 100 valence electrons. The molecule has 1 unspecified atom stereocenters. The summed E-state index contributed by atoms with van der Waals surface area (Å²) in [6, 6.07) is 7.45. The molecule has 0 aliphatic heterocycles. The van der Waals surface area contributed by atoms with Gasteiger partial charge in [-0.2, -0.15) is 0 Å². The van der Waals surface area contributed by atoms with Gasteiger partial charge in [0.25, 0.3) is 0 Å². The molecule has 1 saturated carbocycles. The topological polar surface area (TPSA) is 46.2 Å². The van der Waals surface area contributed by atoms with E-state index in [-0.39, 0.29) is 0 Å². The summed E-state index contributed by atoms with van der Waals surface area (Å²) >= 11 is 0. The SMILES string of the molecule is CC(CC1CCC1)Nc1ccc(S(C)(=O)=O)cc1. The Morgan fingerprint density at radius 1 is 1.28 bits per heavy atom. The van der Waals surface area contributed by atoms with Gasteiger partial charge in [0.05, 0.1) is 4.90 Å². The summed E-state index contributed by atoms with van der Waals surface area (Å²) in [6.45, 7) is 2.18. The van der Waals surface area contributed by atoms with E-state index in [1.54, 1.807) is 12.1 Å². The highest BCUT2D eigenvalue weighted by Crippen LogP contribution is 2.31. The number of nitrogens with one attached hydrogen (secondary N) is 1. The van der Waals surface area contributed by atoms with Crippen molar-refractivity contribution in [3.63, 3.8) is 0 Å². The lowest BCUT2D eigenvalue weighted by molar-refractivity contribution is 0.286. The van der Waals surface area contributed by atoms with Gasteiger partial charge in [-0.15, -0.1) is 0 Å². The maximum Gasteiger partial charge on any atom is 0.175 e. The summed E-state index contributed by atoms with van der Waals surface area (Å²) in [4.78, 5) is 0.375. The Hall–Kier alpha value is -1.03. The zero-order valence-corrected chi connectivity index (χ0v) is 11.8. The van der Waals surface area contributed by atoms with Crippen LogP contribution in [0.1, 0.15) is 32.6 Å². The third-order valence-corrected chi connectivity index (χ3v) is 4.74. The number of anilines is 1. The predicted octanol–water partition coefficient (Wildman–Crippen LogP) is 3.08. The Bertz CT molecular complexity index is 489. The van der Waals surface area contributed by atoms with E-state index in [2.05, 4.69) is 12.2 Å². The highest BCUT2D eigenvalue weighted by molar-refractivity contribution is 7.90. The van der Waals surface area contributed by atoms with Gasteiger partial charge in [0.2, 0.25) is 0 Å². The zero-order valence-electron chi connectivity index (χ0n) is 11.0. The van der Waals surface area contributed by atoms with Gasteiger partial charge < -0.3 is 5.32 Å². The number of hydrogen-bond donors (Lipinski definition) is 1. The number of benzene rings is 1. The molecule has 0 amide bonds. The van der Waals surface area contributed by atoms with Crippen molar-refractivity contribution in [2.45, 2.75) is 43.5 Å². The second-order valence-corrected chi connectivity index (χ2v) is 7.39. The fourth-order valence-electron chi connectivity index (χ4n) is 2.37. The van der Waals surface area contributed by atoms with E-state index < -0.39 is 9.84 Å². The molecule has 1 aliphatic carbocycles. The van der Waals surface area contributed by atoms with Crippen molar-refractivity contribution in [2.24, 2.45) is 5.92 Å². The van der Waals surface area contributed by atoms with Gasteiger partial charge in [-0.05, 0) is 43.5 Å². The van der Waals surface area contributed by atoms with Crippen molar-refractivity contribution in [2.75, 3.05) is 11.6 Å². The first-order valence-corrected chi connectivity index (χ1v) is 8.41. The van der Waals surface area contributed by atoms with Crippen LogP contribution in [0.15, 0.2) is 29.2 Å². The molecule has 1 fully saturated rings. The van der Waals surface area contributed by atoms with Gasteiger partial charge in [-0.1, -0.05) is 19.3 Å². The smallest absolute Gasteiger partial charge is 0.175 e. The predicted molar refractivity (Wildman–Crippen MR) is 74.6 cm³/mol. The van der Waals surface area contributed by atoms with Crippen molar-refractivity contribution in [3.05, 3.63) is 24.3 Å². The molecule has 0 bridgehead atoms. The molecule has 1 aromatic carbocycles. The van der Waals surface area contributed by atoms with E-state index >= 15 is 0 Å². The van der Waals surface area contributed by atoms with Gasteiger partial charge in [0.15, 0.2) is 9.84 Å². The molecule has 0 aromatic heterocycles. The van der Waals surface area contributed by atoms with E-state index in [4.69, 9.17) is 0 Å². The summed E-state index contributed by atoms with van der Waals surface area (Å²) in [5.74, 6) is 0.878. The molecule has 18 heavy (non-hydrogen) atoms. The van der Waals surface area contributed by atoms with Gasteiger partial charge in [-0.25, -0.2) is 8.42 Å². The second-order valence-electron chi connectivity index (χ2n) is 5.37. The summed E-state index contributed by atoms with van der Waals surface area (Å²) in [5, 5.41) is 3.42.